The van der Waals surface area contributed by atoms with E-state index in [1.165, 1.54) is 16.7 Å². The SMILES string of the molecule is C[C@@H]1C[C@@H]2O[C@@]3(C[C@@]4(C)CC5=CC[C@H]6C(=CC[C@@H](O[C@@H]7OC[C@H](O)[C@H](O)[C@H]7O)C6(C)C)CC5=C[C@@]4(C)[C@@H]13)O[C@H]2C(C)(C)O. The van der Waals surface area contributed by atoms with Crippen molar-refractivity contribution in [2.24, 2.45) is 34.0 Å². The van der Waals surface area contributed by atoms with Crippen LogP contribution in [-0.4, -0.2) is 81.3 Å². The molecule has 0 aromatic heterocycles. The van der Waals surface area contributed by atoms with Crippen molar-refractivity contribution < 1.29 is 39.4 Å². The van der Waals surface area contributed by atoms with Gasteiger partial charge >= 0.3 is 0 Å². The van der Waals surface area contributed by atoms with E-state index in [9.17, 15) is 20.4 Å². The Bertz CT molecular complexity index is 1250. The van der Waals surface area contributed by atoms with Crippen molar-refractivity contribution in [1.82, 2.24) is 0 Å². The molecule has 0 radical (unpaired) electrons. The Hall–Kier alpha value is -1.10. The summed E-state index contributed by atoms with van der Waals surface area (Å²) in [5, 5.41) is 41.6. The lowest BCUT2D eigenvalue weighted by atomic mass is 9.55. The monoisotopic (exact) mass is 600 g/mol. The molecule has 240 valence electrons. The summed E-state index contributed by atoms with van der Waals surface area (Å²) < 4.78 is 25.6. The highest BCUT2D eigenvalue weighted by molar-refractivity contribution is 5.46. The minimum absolute atomic E-state index is 0.0322. The van der Waals surface area contributed by atoms with Gasteiger partial charge in [-0.15, -0.1) is 0 Å². The summed E-state index contributed by atoms with van der Waals surface area (Å²) in [6.45, 7) is 15.3. The maximum atomic E-state index is 11.0. The third-order valence-corrected chi connectivity index (χ3v) is 12.9. The van der Waals surface area contributed by atoms with Gasteiger partial charge in [-0.05, 0) is 79.8 Å². The predicted molar refractivity (Wildman–Crippen MR) is 159 cm³/mol. The van der Waals surface area contributed by atoms with Crippen molar-refractivity contribution in [3.8, 4) is 0 Å². The van der Waals surface area contributed by atoms with Crippen LogP contribution in [0.2, 0.25) is 0 Å². The number of hydrogen-bond donors (Lipinski definition) is 4. The van der Waals surface area contributed by atoms with E-state index in [0.717, 1.165) is 32.1 Å². The lowest BCUT2D eigenvalue weighted by Gasteiger charge is -2.50. The van der Waals surface area contributed by atoms with Crippen molar-refractivity contribution in [2.45, 2.75) is 141 Å². The minimum atomic E-state index is -1.29. The van der Waals surface area contributed by atoms with Crippen LogP contribution in [0.15, 0.2) is 34.9 Å². The van der Waals surface area contributed by atoms with Gasteiger partial charge in [0.2, 0.25) is 0 Å². The van der Waals surface area contributed by atoms with E-state index >= 15 is 0 Å². The molecule has 3 aliphatic heterocycles. The fourth-order valence-corrected chi connectivity index (χ4v) is 10.5. The molecule has 0 unspecified atom stereocenters. The van der Waals surface area contributed by atoms with E-state index < -0.39 is 36.0 Å². The average molecular weight is 601 g/mol. The van der Waals surface area contributed by atoms with Crippen LogP contribution in [0.3, 0.4) is 0 Å². The molecule has 13 atom stereocenters. The first-order chi connectivity index (χ1) is 20.0. The number of rotatable bonds is 3. The number of aliphatic hydroxyl groups excluding tert-OH is 3. The van der Waals surface area contributed by atoms with Crippen molar-refractivity contribution in [1.29, 1.82) is 0 Å². The minimum Gasteiger partial charge on any atom is -0.388 e. The molecule has 0 aromatic carbocycles. The van der Waals surface area contributed by atoms with Crippen LogP contribution in [0.1, 0.15) is 87.0 Å². The Balaban J connectivity index is 1.17. The van der Waals surface area contributed by atoms with Crippen molar-refractivity contribution in [2.75, 3.05) is 6.61 Å². The largest absolute Gasteiger partial charge is 0.388 e. The topological polar surface area (TPSA) is 118 Å². The molecule has 4 N–H and O–H groups in total. The van der Waals surface area contributed by atoms with Crippen molar-refractivity contribution in [3.63, 3.8) is 0 Å². The molecule has 8 nitrogen and oxygen atoms in total. The quantitative estimate of drug-likeness (QED) is 0.357. The van der Waals surface area contributed by atoms with E-state index in [1.54, 1.807) is 0 Å². The van der Waals surface area contributed by atoms with Gasteiger partial charge in [0.25, 0.3) is 0 Å². The Morgan fingerprint density at radius 3 is 2.44 bits per heavy atom. The Morgan fingerprint density at radius 1 is 0.977 bits per heavy atom. The van der Waals surface area contributed by atoms with Gasteiger partial charge in [-0.25, -0.2) is 0 Å². The number of aliphatic hydroxyl groups is 4. The molecule has 3 heterocycles. The molecule has 0 amide bonds. The van der Waals surface area contributed by atoms with Gasteiger partial charge in [-0.2, -0.15) is 0 Å². The molecule has 3 saturated heterocycles. The van der Waals surface area contributed by atoms with Gasteiger partial charge in [0.05, 0.1) is 24.4 Å². The van der Waals surface area contributed by atoms with Gasteiger partial charge in [0.15, 0.2) is 12.1 Å². The van der Waals surface area contributed by atoms with Crippen LogP contribution < -0.4 is 0 Å². The summed E-state index contributed by atoms with van der Waals surface area (Å²) in [7, 11) is 0. The molecule has 43 heavy (non-hydrogen) atoms. The smallest absolute Gasteiger partial charge is 0.186 e. The number of hydrogen-bond acceptors (Lipinski definition) is 8. The fraction of sp³-hybridized carbons (Fsp3) is 0.829. The van der Waals surface area contributed by atoms with E-state index in [1.807, 2.05) is 13.8 Å². The molecular formula is C35H52O8. The number of allylic oxidation sites excluding steroid dienone is 5. The second-order valence-corrected chi connectivity index (χ2v) is 16.6. The van der Waals surface area contributed by atoms with Gasteiger partial charge in [0.1, 0.15) is 24.4 Å². The molecule has 8 heteroatoms. The molecule has 1 spiro atoms. The zero-order valence-corrected chi connectivity index (χ0v) is 26.9. The van der Waals surface area contributed by atoms with Gasteiger partial charge < -0.3 is 39.4 Å². The Kier molecular flexibility index (Phi) is 6.90. The first-order valence-electron chi connectivity index (χ1n) is 16.5. The highest BCUT2D eigenvalue weighted by Gasteiger charge is 2.74. The van der Waals surface area contributed by atoms with Gasteiger partial charge in [-0.1, -0.05) is 58.4 Å². The normalized spacial score (nSPS) is 52.1. The van der Waals surface area contributed by atoms with E-state index in [0.29, 0.717) is 12.3 Å². The van der Waals surface area contributed by atoms with Gasteiger partial charge in [0, 0.05) is 17.8 Å². The fourth-order valence-electron chi connectivity index (χ4n) is 10.5. The summed E-state index contributed by atoms with van der Waals surface area (Å²) in [5.41, 5.74) is 2.99. The molecular weight excluding hydrogens is 548 g/mol. The second-order valence-electron chi connectivity index (χ2n) is 16.6. The van der Waals surface area contributed by atoms with Crippen LogP contribution in [0, 0.1) is 34.0 Å². The Morgan fingerprint density at radius 2 is 1.72 bits per heavy atom. The Labute approximate surface area is 256 Å². The van der Waals surface area contributed by atoms with E-state index in [-0.39, 0.29) is 53.0 Å². The highest BCUT2D eigenvalue weighted by atomic mass is 16.8. The zero-order chi connectivity index (χ0) is 30.9. The van der Waals surface area contributed by atoms with Crippen LogP contribution in [0.25, 0.3) is 0 Å². The zero-order valence-electron chi connectivity index (χ0n) is 26.9. The number of fused-ring (bicyclic) bond motifs is 5. The van der Waals surface area contributed by atoms with Crippen LogP contribution in [-0.2, 0) is 18.9 Å². The summed E-state index contributed by atoms with van der Waals surface area (Å²) in [6.07, 6.45) is 7.37. The highest BCUT2D eigenvalue weighted by Crippen LogP contribution is 2.73. The molecule has 1 saturated carbocycles. The molecule has 4 fully saturated rings. The average Bonchev–Trinajstić information content (AvgIpc) is 3.21. The lowest BCUT2D eigenvalue weighted by molar-refractivity contribution is -0.293. The van der Waals surface area contributed by atoms with Crippen LogP contribution in [0.4, 0.5) is 0 Å². The first-order valence-corrected chi connectivity index (χ1v) is 16.5. The summed E-state index contributed by atoms with van der Waals surface area (Å²) >= 11 is 0. The molecule has 7 aliphatic rings. The lowest BCUT2D eigenvalue weighted by Crippen LogP contribution is -2.56. The second kappa shape index (κ2) is 9.71. The van der Waals surface area contributed by atoms with E-state index in [2.05, 4.69) is 52.8 Å². The van der Waals surface area contributed by atoms with Crippen molar-refractivity contribution >= 4 is 0 Å². The molecule has 0 aromatic rings. The maximum Gasteiger partial charge on any atom is 0.186 e. The third kappa shape index (κ3) is 4.38. The summed E-state index contributed by atoms with van der Waals surface area (Å²) in [4.78, 5) is 0. The molecule has 4 aliphatic carbocycles. The summed E-state index contributed by atoms with van der Waals surface area (Å²) in [6, 6.07) is 0. The van der Waals surface area contributed by atoms with E-state index in [4.69, 9.17) is 18.9 Å². The van der Waals surface area contributed by atoms with Crippen LogP contribution >= 0.6 is 0 Å². The molecule has 7 rings (SSSR count). The van der Waals surface area contributed by atoms with Crippen molar-refractivity contribution in [3.05, 3.63) is 34.9 Å². The number of ether oxygens (including phenoxy) is 4. The molecule has 2 bridgehead atoms. The standard InChI is InChI=1S/C35H52O8/c1-18-12-24-29(32(4,5)39)43-35(42-24)17-33(6)14-20-8-10-22-19(13-21(20)15-34(33,7)28(18)35)9-11-25(31(22,2)3)41-30-27(38)26(37)23(36)16-40-30/h8-9,15,18,22-30,36-39H,10-14,16-17H2,1-7H3/t18-,22+,23+,24+,25-,26+,27-,28-,29-,30+,33-,34+,35+/m1/s1. The van der Waals surface area contributed by atoms with Crippen LogP contribution in [0.5, 0.6) is 0 Å². The summed E-state index contributed by atoms with van der Waals surface area (Å²) in [5.74, 6) is 0.247. The third-order valence-electron chi connectivity index (χ3n) is 12.9. The maximum absolute atomic E-state index is 11.0. The predicted octanol–water partition coefficient (Wildman–Crippen LogP) is 4.16. The first kappa shape index (κ1) is 30.5. The van der Waals surface area contributed by atoms with Gasteiger partial charge in [-0.3, -0.25) is 0 Å².